The second-order valence-corrected chi connectivity index (χ2v) is 9.71. The maximum absolute atomic E-state index is 12.7. The Hall–Kier alpha value is -1.59. The number of fused-ring (bicyclic) bond motifs is 1. The smallest absolute Gasteiger partial charge is 0.163 e. The summed E-state index contributed by atoms with van der Waals surface area (Å²) < 4.78 is 22.6. The van der Waals surface area contributed by atoms with Gasteiger partial charge in [0.05, 0.1) is 26.4 Å². The first-order valence-corrected chi connectivity index (χ1v) is 14.4. The van der Waals surface area contributed by atoms with Gasteiger partial charge in [-0.3, -0.25) is 4.79 Å². The molecule has 1 aromatic carbocycles. The topological polar surface area (TPSA) is 54.0 Å². The van der Waals surface area contributed by atoms with Crippen LogP contribution in [0.1, 0.15) is 120 Å². The first-order chi connectivity index (χ1) is 17.3. The molecule has 35 heavy (non-hydrogen) atoms. The standard InChI is InChI=1S/C30H50O5/c1-2-3-4-5-6-7-8-9-10-11-12-13-14-15-16-17-28(31)27-18-19-29-30(26-27)35-25-23-33-21-20-32-22-24-34-29/h18-19,26H,2-17,20-25H2,1H3. The molecule has 0 atom stereocenters. The van der Waals surface area contributed by atoms with Gasteiger partial charge in [-0.25, -0.2) is 0 Å². The van der Waals surface area contributed by atoms with Crippen LogP contribution in [0.15, 0.2) is 18.2 Å². The minimum atomic E-state index is 0.178. The summed E-state index contributed by atoms with van der Waals surface area (Å²) in [6.45, 7) is 5.25. The molecule has 0 spiro atoms. The molecule has 0 saturated heterocycles. The summed E-state index contributed by atoms with van der Waals surface area (Å²) >= 11 is 0. The molecular formula is C30H50O5. The Balaban J connectivity index is 1.53. The summed E-state index contributed by atoms with van der Waals surface area (Å²) in [6.07, 6.45) is 20.5. The van der Waals surface area contributed by atoms with E-state index in [1.165, 1.54) is 83.5 Å². The molecule has 5 heteroatoms. The number of ether oxygens (including phenoxy) is 4. The Morgan fingerprint density at radius 2 is 1.06 bits per heavy atom. The van der Waals surface area contributed by atoms with Crippen LogP contribution in [0.4, 0.5) is 0 Å². The van der Waals surface area contributed by atoms with Crippen molar-refractivity contribution >= 4 is 5.78 Å². The third-order valence-electron chi connectivity index (χ3n) is 6.62. The highest BCUT2D eigenvalue weighted by Gasteiger charge is 2.12. The lowest BCUT2D eigenvalue weighted by atomic mass is 10.0. The van der Waals surface area contributed by atoms with Crippen molar-refractivity contribution in [3.63, 3.8) is 0 Å². The quantitative estimate of drug-likeness (QED) is 0.164. The summed E-state index contributed by atoms with van der Waals surface area (Å²) in [6, 6.07) is 5.50. The van der Waals surface area contributed by atoms with Crippen molar-refractivity contribution in [2.75, 3.05) is 39.6 Å². The summed E-state index contributed by atoms with van der Waals surface area (Å²) in [4.78, 5) is 12.7. The van der Waals surface area contributed by atoms with E-state index in [0.29, 0.717) is 63.1 Å². The normalized spacial score (nSPS) is 14.8. The van der Waals surface area contributed by atoms with Crippen LogP contribution < -0.4 is 9.47 Å². The number of carbonyl (C=O) groups excluding carboxylic acids is 1. The van der Waals surface area contributed by atoms with Crippen molar-refractivity contribution in [2.45, 2.75) is 110 Å². The van der Waals surface area contributed by atoms with E-state index in [2.05, 4.69) is 6.92 Å². The van der Waals surface area contributed by atoms with E-state index in [1.54, 1.807) is 0 Å². The monoisotopic (exact) mass is 490 g/mol. The number of carbonyl (C=O) groups is 1. The van der Waals surface area contributed by atoms with Crippen LogP contribution in [0, 0.1) is 0 Å². The minimum Gasteiger partial charge on any atom is -0.487 e. The highest BCUT2D eigenvalue weighted by atomic mass is 16.6. The molecule has 0 bridgehead atoms. The molecule has 0 amide bonds. The van der Waals surface area contributed by atoms with Gasteiger partial charge in [-0.15, -0.1) is 0 Å². The molecule has 5 nitrogen and oxygen atoms in total. The van der Waals surface area contributed by atoms with E-state index in [1.807, 2.05) is 18.2 Å². The van der Waals surface area contributed by atoms with Crippen LogP contribution in [-0.2, 0) is 9.47 Å². The molecule has 0 unspecified atom stereocenters. The second kappa shape index (κ2) is 20.6. The molecule has 0 saturated carbocycles. The Labute approximate surface area is 214 Å². The van der Waals surface area contributed by atoms with Crippen molar-refractivity contribution in [1.29, 1.82) is 0 Å². The molecule has 0 N–H and O–H groups in total. The molecule has 0 aliphatic carbocycles. The molecule has 1 heterocycles. The summed E-state index contributed by atoms with van der Waals surface area (Å²) in [7, 11) is 0. The molecule has 0 fully saturated rings. The van der Waals surface area contributed by atoms with Gasteiger partial charge in [-0.2, -0.15) is 0 Å². The van der Waals surface area contributed by atoms with E-state index >= 15 is 0 Å². The zero-order valence-electron chi connectivity index (χ0n) is 22.3. The lowest BCUT2D eigenvalue weighted by Crippen LogP contribution is -2.16. The van der Waals surface area contributed by atoms with Gasteiger partial charge in [0.25, 0.3) is 0 Å². The van der Waals surface area contributed by atoms with Crippen LogP contribution in [0.2, 0.25) is 0 Å². The zero-order valence-corrected chi connectivity index (χ0v) is 22.3. The summed E-state index contributed by atoms with van der Waals surface area (Å²) in [5, 5.41) is 0. The maximum atomic E-state index is 12.7. The predicted octanol–water partition coefficient (Wildman–Crippen LogP) is 7.94. The first-order valence-electron chi connectivity index (χ1n) is 14.4. The number of hydrogen-bond donors (Lipinski definition) is 0. The van der Waals surface area contributed by atoms with Crippen LogP contribution >= 0.6 is 0 Å². The SMILES string of the molecule is CCCCCCCCCCCCCCCCCC(=O)c1ccc2c(c1)OCCOCCOCCO2. The fourth-order valence-electron chi connectivity index (χ4n) is 4.46. The molecule has 0 aromatic heterocycles. The van der Waals surface area contributed by atoms with Gasteiger partial charge in [-0.1, -0.05) is 96.8 Å². The van der Waals surface area contributed by atoms with Crippen molar-refractivity contribution in [1.82, 2.24) is 0 Å². The average Bonchev–Trinajstić information content (AvgIpc) is 2.86. The number of unbranched alkanes of at least 4 members (excludes halogenated alkanes) is 14. The van der Waals surface area contributed by atoms with E-state index in [9.17, 15) is 4.79 Å². The Kier molecular flexibility index (Phi) is 17.4. The van der Waals surface area contributed by atoms with E-state index in [-0.39, 0.29) is 5.78 Å². The Bertz CT molecular complexity index is 660. The van der Waals surface area contributed by atoms with Gasteiger partial charge in [0, 0.05) is 12.0 Å². The Morgan fingerprint density at radius 3 is 1.60 bits per heavy atom. The minimum absolute atomic E-state index is 0.178. The van der Waals surface area contributed by atoms with Crippen molar-refractivity contribution < 1.29 is 23.7 Å². The van der Waals surface area contributed by atoms with Crippen molar-refractivity contribution in [3.8, 4) is 11.5 Å². The van der Waals surface area contributed by atoms with Gasteiger partial charge >= 0.3 is 0 Å². The summed E-state index contributed by atoms with van der Waals surface area (Å²) in [5.74, 6) is 1.44. The third kappa shape index (κ3) is 14.5. The highest BCUT2D eigenvalue weighted by molar-refractivity contribution is 5.96. The molecule has 1 aliphatic heterocycles. The van der Waals surface area contributed by atoms with Crippen LogP contribution in [0.5, 0.6) is 11.5 Å². The predicted molar refractivity (Wildman–Crippen MR) is 143 cm³/mol. The van der Waals surface area contributed by atoms with Gasteiger partial charge < -0.3 is 18.9 Å². The molecule has 1 aromatic rings. The maximum Gasteiger partial charge on any atom is 0.163 e. The van der Waals surface area contributed by atoms with E-state index in [4.69, 9.17) is 18.9 Å². The third-order valence-corrected chi connectivity index (χ3v) is 6.62. The van der Waals surface area contributed by atoms with Gasteiger partial charge in [0.15, 0.2) is 17.3 Å². The highest BCUT2D eigenvalue weighted by Crippen LogP contribution is 2.29. The second-order valence-electron chi connectivity index (χ2n) is 9.71. The fourth-order valence-corrected chi connectivity index (χ4v) is 4.46. The fraction of sp³-hybridized carbons (Fsp3) is 0.767. The number of Topliss-reactive ketones (excluding diaryl/α,β-unsaturated/α-hetero) is 1. The van der Waals surface area contributed by atoms with Gasteiger partial charge in [0.2, 0.25) is 0 Å². The average molecular weight is 491 g/mol. The molecule has 0 radical (unpaired) electrons. The zero-order chi connectivity index (χ0) is 24.8. The largest absolute Gasteiger partial charge is 0.487 e. The lowest BCUT2D eigenvalue weighted by molar-refractivity contribution is 0.0223. The number of hydrogen-bond acceptors (Lipinski definition) is 5. The van der Waals surface area contributed by atoms with Crippen LogP contribution in [0.3, 0.4) is 0 Å². The van der Waals surface area contributed by atoms with Gasteiger partial charge in [-0.05, 0) is 24.6 Å². The van der Waals surface area contributed by atoms with Crippen molar-refractivity contribution in [2.24, 2.45) is 0 Å². The van der Waals surface area contributed by atoms with Crippen molar-refractivity contribution in [3.05, 3.63) is 23.8 Å². The number of benzene rings is 1. The van der Waals surface area contributed by atoms with Gasteiger partial charge in [0.1, 0.15) is 13.2 Å². The first kappa shape index (κ1) is 29.6. The Morgan fingerprint density at radius 1 is 0.600 bits per heavy atom. The van der Waals surface area contributed by atoms with Crippen LogP contribution in [0.25, 0.3) is 0 Å². The lowest BCUT2D eigenvalue weighted by Gasteiger charge is -2.15. The molecule has 200 valence electrons. The van der Waals surface area contributed by atoms with E-state index in [0.717, 1.165) is 12.8 Å². The molecule has 1 aliphatic rings. The van der Waals surface area contributed by atoms with E-state index < -0.39 is 0 Å². The van der Waals surface area contributed by atoms with Crippen LogP contribution in [-0.4, -0.2) is 45.4 Å². The molecule has 2 rings (SSSR count). The molecular weight excluding hydrogens is 440 g/mol. The number of rotatable bonds is 17. The number of ketones is 1. The summed E-state index contributed by atoms with van der Waals surface area (Å²) in [5.41, 5.74) is 0.696.